The van der Waals surface area contributed by atoms with Crippen LogP contribution in [0.25, 0.3) is 0 Å². The summed E-state index contributed by atoms with van der Waals surface area (Å²) >= 11 is 1.39. The van der Waals surface area contributed by atoms with Gasteiger partial charge in [-0.05, 0) is 30.2 Å². The Hall–Kier alpha value is -1.11. The van der Waals surface area contributed by atoms with Crippen molar-refractivity contribution in [2.75, 3.05) is 0 Å². The van der Waals surface area contributed by atoms with Crippen molar-refractivity contribution < 1.29 is 4.79 Å². The molecule has 0 radical (unpaired) electrons. The van der Waals surface area contributed by atoms with Crippen molar-refractivity contribution in [3.8, 4) is 0 Å². The van der Waals surface area contributed by atoms with Gasteiger partial charge in [0, 0.05) is 13.1 Å². The molecule has 1 aromatic heterocycles. The van der Waals surface area contributed by atoms with Crippen LogP contribution in [0.15, 0.2) is 5.16 Å². The van der Waals surface area contributed by atoms with Gasteiger partial charge in [0.15, 0.2) is 0 Å². The zero-order valence-corrected chi connectivity index (χ0v) is 12.3. The maximum absolute atomic E-state index is 12.2. The number of amides is 1. The Morgan fingerprint density at radius 3 is 2.63 bits per heavy atom. The van der Waals surface area contributed by atoms with Crippen LogP contribution in [0.3, 0.4) is 0 Å². The fraction of sp³-hybridized carbons (Fsp3) is 0.833. The van der Waals surface area contributed by atoms with Gasteiger partial charge in [0.2, 0.25) is 11.1 Å². The number of carbonyl (C=O) groups is 1. The predicted molar refractivity (Wildman–Crippen MR) is 73.7 cm³/mol. The van der Waals surface area contributed by atoms with E-state index in [1.54, 1.807) is 11.7 Å². The van der Waals surface area contributed by atoms with Gasteiger partial charge < -0.3 is 5.32 Å². The van der Waals surface area contributed by atoms with Crippen LogP contribution in [0, 0.1) is 0 Å². The van der Waals surface area contributed by atoms with E-state index in [2.05, 4.69) is 20.8 Å². The van der Waals surface area contributed by atoms with Gasteiger partial charge in [-0.3, -0.25) is 4.79 Å². The minimum Gasteiger partial charge on any atom is -0.352 e. The highest BCUT2D eigenvalue weighted by atomic mass is 32.2. The van der Waals surface area contributed by atoms with E-state index >= 15 is 0 Å². The summed E-state index contributed by atoms with van der Waals surface area (Å²) in [6.07, 6.45) is 7.24. The summed E-state index contributed by atoms with van der Waals surface area (Å²) in [6, 6.07) is 0.343. The van der Waals surface area contributed by atoms with Gasteiger partial charge in [0.1, 0.15) is 0 Å². The summed E-state index contributed by atoms with van der Waals surface area (Å²) in [6.45, 7) is 1.89. The lowest BCUT2D eigenvalue weighted by molar-refractivity contribution is -0.121. The molecule has 1 aliphatic carbocycles. The van der Waals surface area contributed by atoms with E-state index in [1.807, 2.05) is 6.92 Å². The van der Waals surface area contributed by atoms with Crippen LogP contribution in [-0.4, -0.2) is 37.4 Å². The van der Waals surface area contributed by atoms with Gasteiger partial charge in [0.05, 0.1) is 5.25 Å². The summed E-state index contributed by atoms with van der Waals surface area (Å²) in [5.41, 5.74) is 0. The second-order valence-electron chi connectivity index (χ2n) is 5.04. The van der Waals surface area contributed by atoms with Gasteiger partial charge in [-0.1, -0.05) is 37.4 Å². The fourth-order valence-electron chi connectivity index (χ4n) is 2.27. The first-order valence-electron chi connectivity index (χ1n) is 6.86. The Balaban J connectivity index is 1.83. The minimum absolute atomic E-state index is 0.0832. The second kappa shape index (κ2) is 6.88. The molecule has 1 atom stereocenters. The van der Waals surface area contributed by atoms with Crippen LogP contribution < -0.4 is 5.32 Å². The lowest BCUT2D eigenvalue weighted by Crippen LogP contribution is -2.39. The maximum Gasteiger partial charge on any atom is 0.233 e. The molecule has 7 heteroatoms. The number of nitrogens with zero attached hydrogens (tertiary/aromatic N) is 4. The van der Waals surface area contributed by atoms with Gasteiger partial charge in [-0.2, -0.15) is 0 Å². The molecule has 2 rings (SSSR count). The van der Waals surface area contributed by atoms with E-state index in [4.69, 9.17) is 0 Å². The fourth-order valence-corrected chi connectivity index (χ4v) is 3.04. The lowest BCUT2D eigenvalue weighted by Gasteiger charge is -2.18. The summed E-state index contributed by atoms with van der Waals surface area (Å²) in [5.74, 6) is 0.0832. The van der Waals surface area contributed by atoms with E-state index in [-0.39, 0.29) is 11.2 Å². The molecule has 0 unspecified atom stereocenters. The predicted octanol–water partition coefficient (Wildman–Crippen LogP) is 1.53. The van der Waals surface area contributed by atoms with Crippen LogP contribution in [0.1, 0.15) is 45.4 Å². The van der Waals surface area contributed by atoms with E-state index in [0.717, 1.165) is 12.8 Å². The van der Waals surface area contributed by atoms with E-state index in [1.165, 1.54) is 37.4 Å². The molecule has 0 aromatic carbocycles. The Kier molecular flexibility index (Phi) is 5.18. The van der Waals surface area contributed by atoms with Crippen molar-refractivity contribution in [1.29, 1.82) is 0 Å². The Morgan fingerprint density at radius 2 is 2.05 bits per heavy atom. The molecule has 0 spiro atoms. The van der Waals surface area contributed by atoms with Crippen molar-refractivity contribution in [3.63, 3.8) is 0 Å². The zero-order chi connectivity index (χ0) is 13.7. The van der Waals surface area contributed by atoms with Crippen molar-refractivity contribution in [3.05, 3.63) is 0 Å². The van der Waals surface area contributed by atoms with Gasteiger partial charge in [-0.15, -0.1) is 5.10 Å². The van der Waals surface area contributed by atoms with Crippen LogP contribution in [-0.2, 0) is 11.8 Å². The molecule has 19 heavy (non-hydrogen) atoms. The van der Waals surface area contributed by atoms with E-state index < -0.39 is 0 Å². The Labute approximate surface area is 117 Å². The molecule has 0 bridgehead atoms. The summed E-state index contributed by atoms with van der Waals surface area (Å²) < 4.78 is 1.58. The summed E-state index contributed by atoms with van der Waals surface area (Å²) in [4.78, 5) is 12.2. The van der Waals surface area contributed by atoms with Gasteiger partial charge in [0.25, 0.3) is 0 Å². The summed E-state index contributed by atoms with van der Waals surface area (Å²) in [7, 11) is 1.78. The number of hydrogen-bond acceptors (Lipinski definition) is 5. The third kappa shape index (κ3) is 4.19. The highest BCUT2D eigenvalue weighted by Crippen LogP contribution is 2.21. The first-order valence-corrected chi connectivity index (χ1v) is 7.74. The maximum atomic E-state index is 12.2. The van der Waals surface area contributed by atoms with Gasteiger partial charge in [-0.25, -0.2) is 4.68 Å². The third-order valence-corrected chi connectivity index (χ3v) is 4.56. The Bertz CT molecular complexity index is 414. The van der Waals surface area contributed by atoms with E-state index in [0.29, 0.717) is 11.2 Å². The molecule has 1 amide bonds. The SMILES string of the molecule is C[C@H](Sc1nnnn1C)C(=O)NC1CCCCCC1. The van der Waals surface area contributed by atoms with Crippen molar-refractivity contribution in [1.82, 2.24) is 25.5 Å². The molecular weight excluding hydrogens is 262 g/mol. The number of tetrazole rings is 1. The third-order valence-electron chi connectivity index (χ3n) is 3.43. The number of rotatable bonds is 4. The Morgan fingerprint density at radius 1 is 1.37 bits per heavy atom. The normalized spacial score (nSPS) is 18.8. The highest BCUT2D eigenvalue weighted by molar-refractivity contribution is 8.00. The van der Waals surface area contributed by atoms with Gasteiger partial charge >= 0.3 is 0 Å². The first kappa shape index (κ1) is 14.3. The number of thioether (sulfide) groups is 1. The van der Waals surface area contributed by atoms with Crippen molar-refractivity contribution in [2.24, 2.45) is 7.05 Å². The zero-order valence-electron chi connectivity index (χ0n) is 11.5. The number of hydrogen-bond donors (Lipinski definition) is 1. The molecule has 0 saturated heterocycles. The molecule has 6 nitrogen and oxygen atoms in total. The number of carbonyl (C=O) groups excluding carboxylic acids is 1. The molecule has 1 aromatic rings. The number of aromatic nitrogens is 4. The molecule has 106 valence electrons. The van der Waals surface area contributed by atoms with Crippen LogP contribution in [0.2, 0.25) is 0 Å². The molecule has 1 aliphatic rings. The van der Waals surface area contributed by atoms with E-state index in [9.17, 15) is 4.79 Å². The molecule has 1 fully saturated rings. The quantitative estimate of drug-likeness (QED) is 0.670. The van der Waals surface area contributed by atoms with Crippen LogP contribution in [0.4, 0.5) is 0 Å². The highest BCUT2D eigenvalue weighted by Gasteiger charge is 2.21. The topological polar surface area (TPSA) is 72.7 Å². The lowest BCUT2D eigenvalue weighted by atomic mass is 10.1. The molecular formula is C12H21N5OS. The van der Waals surface area contributed by atoms with Crippen molar-refractivity contribution in [2.45, 2.75) is 61.9 Å². The summed E-state index contributed by atoms with van der Waals surface area (Å²) in [5, 5.41) is 14.9. The molecule has 0 aliphatic heterocycles. The molecule has 1 N–H and O–H groups in total. The standard InChI is InChI=1S/C12H21N5OS/c1-9(19-12-14-15-16-17(12)2)11(18)13-10-7-5-3-4-6-8-10/h9-10H,3-8H2,1-2H3,(H,13,18)/t9-/m0/s1. The molecule has 1 saturated carbocycles. The van der Waals surface area contributed by atoms with Crippen molar-refractivity contribution >= 4 is 17.7 Å². The smallest absolute Gasteiger partial charge is 0.233 e. The largest absolute Gasteiger partial charge is 0.352 e. The minimum atomic E-state index is -0.173. The average molecular weight is 283 g/mol. The monoisotopic (exact) mass is 283 g/mol. The molecule has 1 heterocycles. The van der Waals surface area contributed by atoms with Crippen LogP contribution >= 0.6 is 11.8 Å². The average Bonchev–Trinajstić information content (AvgIpc) is 2.65. The van der Waals surface area contributed by atoms with Crippen LogP contribution in [0.5, 0.6) is 0 Å². The number of nitrogens with one attached hydrogen (secondary N) is 1. The first-order chi connectivity index (χ1) is 9.16. The second-order valence-corrected chi connectivity index (χ2v) is 6.35. The number of aryl methyl sites for hydroxylation is 1.